The van der Waals surface area contributed by atoms with E-state index < -0.39 is 46.9 Å². The van der Waals surface area contributed by atoms with Crippen molar-refractivity contribution in [2.24, 2.45) is 5.16 Å². The van der Waals surface area contributed by atoms with Crippen molar-refractivity contribution in [2.75, 3.05) is 6.61 Å². The fourth-order valence-electron chi connectivity index (χ4n) is 2.25. The van der Waals surface area contributed by atoms with Crippen LogP contribution in [-0.4, -0.2) is 74.9 Å². The molecule has 5 atom stereocenters. The van der Waals surface area contributed by atoms with Gasteiger partial charge in [0, 0.05) is 6.42 Å². The first-order valence-electron chi connectivity index (χ1n) is 7.45. The van der Waals surface area contributed by atoms with Gasteiger partial charge in [0.2, 0.25) is 0 Å². The van der Waals surface area contributed by atoms with Crippen LogP contribution in [0.3, 0.4) is 0 Å². The fraction of sp³-hybridized carbons (Fsp3) is 0.500. The lowest BCUT2D eigenvalue weighted by atomic mass is 10.0. The third-order valence-corrected chi connectivity index (χ3v) is 4.91. The Labute approximate surface area is 154 Å². The van der Waals surface area contributed by atoms with Gasteiger partial charge >= 0.3 is 10.4 Å². The van der Waals surface area contributed by atoms with Crippen molar-refractivity contribution in [1.82, 2.24) is 0 Å². The molecule has 0 aromatic heterocycles. The van der Waals surface area contributed by atoms with Crippen LogP contribution >= 0.6 is 11.8 Å². The van der Waals surface area contributed by atoms with Crippen LogP contribution in [-0.2, 0) is 25.8 Å². The third kappa shape index (κ3) is 5.89. The zero-order valence-corrected chi connectivity index (χ0v) is 15.0. The molecule has 0 bridgehead atoms. The van der Waals surface area contributed by atoms with Crippen molar-refractivity contribution in [3.63, 3.8) is 0 Å². The maximum atomic E-state index is 10.8. The third-order valence-electron chi connectivity index (χ3n) is 3.53. The largest absolute Gasteiger partial charge is 0.466 e. The molecule has 1 aromatic rings. The molecule has 1 aromatic carbocycles. The Hall–Kier alpha value is -1.25. The highest BCUT2D eigenvalue weighted by molar-refractivity contribution is 8.14. The number of oxime groups is 1. The summed E-state index contributed by atoms with van der Waals surface area (Å²) in [6.45, 7) is -0.602. The van der Waals surface area contributed by atoms with Crippen LogP contribution in [0.15, 0.2) is 35.5 Å². The number of aliphatic hydroxyl groups excluding tert-OH is 4. The van der Waals surface area contributed by atoms with Crippen molar-refractivity contribution in [2.45, 2.75) is 36.3 Å². The maximum Gasteiger partial charge on any atom is 0.466 e. The van der Waals surface area contributed by atoms with Gasteiger partial charge in [0.1, 0.15) is 34.9 Å². The van der Waals surface area contributed by atoms with Crippen LogP contribution in [0.5, 0.6) is 0 Å². The van der Waals surface area contributed by atoms with E-state index in [0.29, 0.717) is 0 Å². The van der Waals surface area contributed by atoms with Crippen molar-refractivity contribution < 1.29 is 42.4 Å². The number of ether oxygens (including phenoxy) is 1. The predicted octanol–water partition coefficient (Wildman–Crippen LogP) is -1.10. The van der Waals surface area contributed by atoms with Crippen LogP contribution in [0.2, 0.25) is 0 Å². The standard InChI is InChI=1S/C14H19NO9S2/c16-7-9-11(17)12(18)13(19)14(23-9)25-10(15-24-26(20,21)22)6-8-4-2-1-3-5-8/h1-5,9,11-14,16-19H,6-7H2,(H,20,21,22)/b15-10-/t9?,11-,12+,13?,14+/m1/s1. The predicted molar refractivity (Wildman–Crippen MR) is 91.6 cm³/mol. The summed E-state index contributed by atoms with van der Waals surface area (Å²) >= 11 is 0.729. The minimum atomic E-state index is -4.83. The molecule has 1 heterocycles. The van der Waals surface area contributed by atoms with E-state index in [-0.39, 0.29) is 11.5 Å². The van der Waals surface area contributed by atoms with Gasteiger partial charge < -0.3 is 25.2 Å². The Balaban J connectivity index is 2.19. The van der Waals surface area contributed by atoms with Gasteiger partial charge in [-0.2, -0.15) is 8.42 Å². The summed E-state index contributed by atoms with van der Waals surface area (Å²) in [5, 5.41) is 42.2. The fourth-order valence-corrected chi connectivity index (χ4v) is 3.58. The van der Waals surface area contributed by atoms with Crippen LogP contribution in [0, 0.1) is 0 Å². The van der Waals surface area contributed by atoms with Crippen LogP contribution in [0.25, 0.3) is 0 Å². The van der Waals surface area contributed by atoms with Gasteiger partial charge in [-0.25, -0.2) is 4.28 Å². The molecule has 0 saturated carbocycles. The number of nitrogens with zero attached hydrogens (tertiary/aromatic N) is 1. The van der Waals surface area contributed by atoms with Gasteiger partial charge in [0.25, 0.3) is 0 Å². The summed E-state index contributed by atoms with van der Waals surface area (Å²) < 4.78 is 39.6. The highest BCUT2D eigenvalue weighted by Crippen LogP contribution is 2.30. The number of rotatable bonds is 6. The average molecular weight is 409 g/mol. The molecule has 1 saturated heterocycles. The van der Waals surface area contributed by atoms with Gasteiger partial charge in [0.15, 0.2) is 0 Å². The van der Waals surface area contributed by atoms with E-state index in [1.165, 1.54) is 0 Å². The molecule has 1 aliphatic heterocycles. The zero-order valence-electron chi connectivity index (χ0n) is 13.3. The Bertz CT molecular complexity index is 710. The van der Waals surface area contributed by atoms with Crippen molar-refractivity contribution in [1.29, 1.82) is 0 Å². The molecule has 146 valence electrons. The Morgan fingerprint density at radius 3 is 2.38 bits per heavy atom. The topological polar surface area (TPSA) is 166 Å². The highest BCUT2D eigenvalue weighted by atomic mass is 32.3. The Kier molecular flexibility index (Phi) is 7.37. The lowest BCUT2D eigenvalue weighted by Gasteiger charge is -2.39. The molecule has 0 amide bonds. The second-order valence-electron chi connectivity index (χ2n) is 5.46. The number of thioether (sulfide) groups is 1. The highest BCUT2D eigenvalue weighted by Gasteiger charge is 2.44. The molecule has 0 aliphatic carbocycles. The van der Waals surface area contributed by atoms with E-state index >= 15 is 0 Å². The quantitative estimate of drug-likeness (QED) is 0.168. The summed E-state index contributed by atoms with van der Waals surface area (Å²) in [6.07, 6.45) is -5.68. The van der Waals surface area contributed by atoms with E-state index in [2.05, 4.69) is 9.44 Å². The molecular formula is C14H19NO9S2. The monoisotopic (exact) mass is 409 g/mol. The number of benzene rings is 1. The summed E-state index contributed by atoms with van der Waals surface area (Å²) in [6, 6.07) is 8.73. The maximum absolute atomic E-state index is 10.8. The Morgan fingerprint density at radius 2 is 1.81 bits per heavy atom. The minimum absolute atomic E-state index is 0.0122. The molecule has 1 fully saturated rings. The number of hydrogen-bond donors (Lipinski definition) is 5. The lowest BCUT2D eigenvalue weighted by molar-refractivity contribution is -0.205. The van der Waals surface area contributed by atoms with E-state index in [4.69, 9.17) is 9.29 Å². The van der Waals surface area contributed by atoms with Crippen LogP contribution in [0.4, 0.5) is 0 Å². The second-order valence-corrected chi connectivity index (χ2v) is 7.64. The molecular weight excluding hydrogens is 390 g/mol. The first kappa shape index (κ1) is 21.1. The summed E-state index contributed by atoms with van der Waals surface area (Å²) in [7, 11) is -4.83. The molecule has 10 nitrogen and oxygen atoms in total. The number of hydrogen-bond acceptors (Lipinski definition) is 10. The summed E-state index contributed by atoms with van der Waals surface area (Å²) in [4.78, 5) is 0. The summed E-state index contributed by atoms with van der Waals surface area (Å²) in [5.41, 5.74) is -0.444. The number of aliphatic hydroxyl groups is 4. The van der Waals surface area contributed by atoms with Crippen LogP contribution < -0.4 is 0 Å². The first-order chi connectivity index (χ1) is 12.2. The van der Waals surface area contributed by atoms with Crippen molar-refractivity contribution in [3.05, 3.63) is 35.9 Å². The molecule has 5 N–H and O–H groups in total. The molecule has 26 heavy (non-hydrogen) atoms. The van der Waals surface area contributed by atoms with E-state index in [1.54, 1.807) is 30.3 Å². The van der Waals surface area contributed by atoms with Gasteiger partial charge in [-0.1, -0.05) is 47.2 Å². The van der Waals surface area contributed by atoms with E-state index in [1.807, 2.05) is 0 Å². The van der Waals surface area contributed by atoms with Crippen molar-refractivity contribution in [3.8, 4) is 0 Å². The van der Waals surface area contributed by atoms with Gasteiger partial charge in [-0.3, -0.25) is 4.55 Å². The van der Waals surface area contributed by atoms with Gasteiger partial charge in [-0.05, 0) is 5.56 Å². The van der Waals surface area contributed by atoms with Crippen LogP contribution in [0.1, 0.15) is 5.56 Å². The summed E-state index contributed by atoms with van der Waals surface area (Å²) in [5.74, 6) is 0. The average Bonchev–Trinajstić information content (AvgIpc) is 2.60. The molecule has 1 aliphatic rings. The first-order valence-corrected chi connectivity index (χ1v) is 9.69. The second kappa shape index (κ2) is 9.10. The smallest absolute Gasteiger partial charge is 0.394 e. The lowest BCUT2D eigenvalue weighted by Crippen LogP contribution is -2.57. The minimum Gasteiger partial charge on any atom is -0.394 e. The SMILES string of the molecule is O=S(=O)(O)O/N=C(/Cc1ccccc1)S[C@@H]1OC(CO)[C@@H](O)[C@H](O)C1O. The Morgan fingerprint density at radius 1 is 1.15 bits per heavy atom. The van der Waals surface area contributed by atoms with Gasteiger partial charge in [-0.15, -0.1) is 0 Å². The van der Waals surface area contributed by atoms with Crippen molar-refractivity contribution >= 4 is 27.2 Å². The van der Waals surface area contributed by atoms with Gasteiger partial charge in [0.05, 0.1) is 6.61 Å². The molecule has 12 heteroatoms. The molecule has 2 unspecified atom stereocenters. The van der Waals surface area contributed by atoms with E-state index in [9.17, 15) is 28.8 Å². The normalized spacial score (nSPS) is 30.2. The molecule has 0 radical (unpaired) electrons. The zero-order chi connectivity index (χ0) is 19.3. The molecule has 2 rings (SSSR count). The molecule has 0 spiro atoms. The van der Waals surface area contributed by atoms with E-state index in [0.717, 1.165) is 17.3 Å².